The van der Waals surface area contributed by atoms with Gasteiger partial charge in [0.25, 0.3) is 11.8 Å². The minimum atomic E-state index is -0.329. The first-order valence-electron chi connectivity index (χ1n) is 9.79. The molecule has 0 bridgehead atoms. The highest BCUT2D eigenvalue weighted by molar-refractivity contribution is 7.11. The first kappa shape index (κ1) is 20.7. The average molecular weight is 435 g/mol. The molecular formula is C24H22N2O4S. The number of benzene rings is 2. The second kappa shape index (κ2) is 9.06. The van der Waals surface area contributed by atoms with Crippen LogP contribution in [0, 0.1) is 0 Å². The number of methoxy groups -OCH3 is 2. The van der Waals surface area contributed by atoms with E-state index in [9.17, 15) is 9.59 Å². The largest absolute Gasteiger partial charge is 0.497 e. The van der Waals surface area contributed by atoms with E-state index in [0.29, 0.717) is 30.0 Å². The van der Waals surface area contributed by atoms with Gasteiger partial charge in [-0.2, -0.15) is 0 Å². The fourth-order valence-corrected chi connectivity index (χ4v) is 4.19. The van der Waals surface area contributed by atoms with Crippen molar-refractivity contribution in [1.82, 2.24) is 4.90 Å². The van der Waals surface area contributed by atoms with Gasteiger partial charge in [-0.3, -0.25) is 14.5 Å². The molecule has 6 nitrogen and oxygen atoms in total. The van der Waals surface area contributed by atoms with Crippen LogP contribution in [0.4, 0.5) is 5.69 Å². The second-order valence-electron chi connectivity index (χ2n) is 6.94. The number of nitrogens with one attached hydrogen (secondary N) is 1. The first-order valence-corrected chi connectivity index (χ1v) is 10.7. The molecule has 7 heteroatoms. The van der Waals surface area contributed by atoms with Crippen LogP contribution in [0.25, 0.3) is 5.57 Å². The molecule has 0 saturated carbocycles. The third-order valence-corrected chi connectivity index (χ3v) is 5.95. The minimum absolute atomic E-state index is 0.286. The third-order valence-electron chi connectivity index (χ3n) is 5.06. The molecule has 4 rings (SSSR count). The van der Waals surface area contributed by atoms with Crippen molar-refractivity contribution < 1.29 is 19.1 Å². The summed E-state index contributed by atoms with van der Waals surface area (Å²) in [4.78, 5) is 28.5. The van der Waals surface area contributed by atoms with Gasteiger partial charge in [-0.05, 0) is 47.7 Å². The average Bonchev–Trinajstić information content (AvgIpc) is 3.40. The fourth-order valence-electron chi connectivity index (χ4n) is 3.42. The zero-order chi connectivity index (χ0) is 21.8. The Kier molecular flexibility index (Phi) is 6.04. The smallest absolute Gasteiger partial charge is 0.278 e. The summed E-state index contributed by atoms with van der Waals surface area (Å²) in [5, 5.41) is 5.05. The van der Waals surface area contributed by atoms with Gasteiger partial charge in [0.2, 0.25) is 0 Å². The summed E-state index contributed by atoms with van der Waals surface area (Å²) < 4.78 is 10.4. The van der Waals surface area contributed by atoms with Crippen LogP contribution in [0.3, 0.4) is 0 Å². The molecule has 2 aromatic carbocycles. The minimum Gasteiger partial charge on any atom is -0.497 e. The quantitative estimate of drug-likeness (QED) is 0.538. The van der Waals surface area contributed by atoms with E-state index in [2.05, 4.69) is 5.32 Å². The molecule has 2 heterocycles. The number of amides is 2. The van der Waals surface area contributed by atoms with Crippen LogP contribution in [-0.2, 0) is 16.0 Å². The topological polar surface area (TPSA) is 67.9 Å². The van der Waals surface area contributed by atoms with Crippen molar-refractivity contribution in [2.45, 2.75) is 6.42 Å². The summed E-state index contributed by atoms with van der Waals surface area (Å²) >= 11 is 1.43. The van der Waals surface area contributed by atoms with Crippen LogP contribution in [0.2, 0.25) is 0 Å². The lowest BCUT2D eigenvalue weighted by molar-refractivity contribution is -0.136. The fraction of sp³-hybridized carbons (Fsp3) is 0.167. The molecule has 0 saturated heterocycles. The van der Waals surface area contributed by atoms with Crippen molar-refractivity contribution >= 4 is 34.4 Å². The van der Waals surface area contributed by atoms with Crippen molar-refractivity contribution in [2.75, 3.05) is 26.1 Å². The van der Waals surface area contributed by atoms with Crippen LogP contribution < -0.4 is 14.8 Å². The Bertz CT molecular complexity index is 1120. The Morgan fingerprint density at radius 1 is 0.903 bits per heavy atom. The molecule has 0 radical (unpaired) electrons. The Morgan fingerprint density at radius 3 is 2.35 bits per heavy atom. The third kappa shape index (κ3) is 4.32. The number of imide groups is 1. The Balaban J connectivity index is 1.59. The first-order chi connectivity index (χ1) is 15.1. The lowest BCUT2D eigenvalue weighted by Crippen LogP contribution is -2.34. The van der Waals surface area contributed by atoms with E-state index < -0.39 is 0 Å². The van der Waals surface area contributed by atoms with Gasteiger partial charge in [0.05, 0.1) is 19.8 Å². The number of anilines is 1. The maximum Gasteiger partial charge on any atom is 0.278 e. The summed E-state index contributed by atoms with van der Waals surface area (Å²) in [6.07, 6.45) is 0.561. The number of carbonyl (C=O) groups is 2. The highest BCUT2D eigenvalue weighted by Gasteiger charge is 2.39. The summed E-state index contributed by atoms with van der Waals surface area (Å²) in [6.45, 7) is 0.294. The summed E-state index contributed by atoms with van der Waals surface area (Å²) in [6, 6.07) is 18.6. The summed E-state index contributed by atoms with van der Waals surface area (Å²) in [5.41, 5.74) is 2.39. The van der Waals surface area contributed by atoms with Gasteiger partial charge < -0.3 is 14.8 Å². The number of nitrogens with zero attached hydrogens (tertiary/aromatic N) is 1. The molecule has 0 atom stereocenters. The Morgan fingerprint density at radius 2 is 1.68 bits per heavy atom. The number of rotatable bonds is 8. The SMILES string of the molecule is COc1ccc(CCN2C(=O)C(Nc3cccc(OC)c3)=C(c3cccs3)C2=O)cc1. The zero-order valence-electron chi connectivity index (χ0n) is 17.3. The van der Waals surface area contributed by atoms with Gasteiger partial charge in [0.15, 0.2) is 0 Å². The predicted octanol–water partition coefficient (Wildman–Crippen LogP) is 4.20. The maximum atomic E-state index is 13.2. The molecule has 1 aromatic heterocycles. The lowest BCUT2D eigenvalue weighted by atomic mass is 10.1. The molecule has 0 aliphatic carbocycles. The lowest BCUT2D eigenvalue weighted by Gasteiger charge is -2.15. The standard InChI is InChI=1S/C24H22N2O4S/c1-29-18-10-8-16(9-11-18)12-13-26-23(27)21(20-7-4-14-31-20)22(24(26)28)25-17-5-3-6-19(15-17)30-2/h3-11,14-15,25H,12-13H2,1-2H3. The van der Waals surface area contributed by atoms with Crippen molar-refractivity contribution in [3.63, 3.8) is 0 Å². The van der Waals surface area contributed by atoms with Crippen molar-refractivity contribution in [2.24, 2.45) is 0 Å². The summed E-state index contributed by atoms with van der Waals surface area (Å²) in [7, 11) is 3.20. The Hall–Kier alpha value is -3.58. The van der Waals surface area contributed by atoms with Crippen LogP contribution in [0.5, 0.6) is 11.5 Å². The van der Waals surface area contributed by atoms with Crippen molar-refractivity contribution in [3.8, 4) is 11.5 Å². The van der Waals surface area contributed by atoms with Crippen molar-refractivity contribution in [1.29, 1.82) is 0 Å². The zero-order valence-corrected chi connectivity index (χ0v) is 18.1. The predicted molar refractivity (Wildman–Crippen MR) is 121 cm³/mol. The molecule has 158 valence electrons. The van der Waals surface area contributed by atoms with Gasteiger partial charge in [0.1, 0.15) is 17.2 Å². The molecule has 0 fully saturated rings. The number of ether oxygens (including phenoxy) is 2. The van der Waals surface area contributed by atoms with E-state index in [-0.39, 0.29) is 17.5 Å². The molecule has 31 heavy (non-hydrogen) atoms. The molecular weight excluding hydrogens is 412 g/mol. The molecule has 0 unspecified atom stereocenters. The number of hydrogen-bond acceptors (Lipinski definition) is 6. The normalized spacial score (nSPS) is 13.7. The van der Waals surface area contributed by atoms with E-state index in [4.69, 9.17) is 9.47 Å². The maximum absolute atomic E-state index is 13.2. The monoisotopic (exact) mass is 434 g/mol. The van der Waals surface area contributed by atoms with Gasteiger partial charge in [-0.25, -0.2) is 0 Å². The second-order valence-corrected chi connectivity index (χ2v) is 7.89. The van der Waals surface area contributed by atoms with E-state index in [1.807, 2.05) is 60.0 Å². The Labute approximate surface area is 184 Å². The number of hydrogen-bond donors (Lipinski definition) is 1. The van der Waals surface area contributed by atoms with Gasteiger partial charge >= 0.3 is 0 Å². The molecule has 3 aromatic rings. The van der Waals surface area contributed by atoms with E-state index >= 15 is 0 Å². The highest BCUT2D eigenvalue weighted by atomic mass is 32.1. The van der Waals surface area contributed by atoms with Crippen LogP contribution in [0.15, 0.2) is 71.7 Å². The van der Waals surface area contributed by atoms with Gasteiger partial charge in [-0.15, -0.1) is 11.3 Å². The van der Waals surface area contributed by atoms with Crippen LogP contribution in [0.1, 0.15) is 10.4 Å². The molecule has 2 amide bonds. The summed E-state index contributed by atoms with van der Waals surface area (Å²) in [5.74, 6) is 0.816. The molecule has 1 aliphatic heterocycles. The van der Waals surface area contributed by atoms with E-state index in [1.165, 1.54) is 16.2 Å². The molecule has 0 spiro atoms. The highest BCUT2D eigenvalue weighted by Crippen LogP contribution is 2.33. The molecule has 1 aliphatic rings. The van der Waals surface area contributed by atoms with Crippen molar-refractivity contribution in [3.05, 3.63) is 82.2 Å². The van der Waals surface area contributed by atoms with E-state index in [1.54, 1.807) is 20.3 Å². The van der Waals surface area contributed by atoms with Crippen LogP contribution >= 0.6 is 11.3 Å². The van der Waals surface area contributed by atoms with E-state index in [0.717, 1.165) is 16.2 Å². The number of carbonyl (C=O) groups excluding carboxylic acids is 2. The number of thiophene rings is 1. The molecule has 1 N–H and O–H groups in total. The van der Waals surface area contributed by atoms with Crippen LogP contribution in [-0.4, -0.2) is 37.5 Å². The van der Waals surface area contributed by atoms with Gasteiger partial charge in [0, 0.05) is 23.2 Å². The van der Waals surface area contributed by atoms with Gasteiger partial charge in [-0.1, -0.05) is 24.3 Å².